The molecule has 0 spiro atoms. The van der Waals surface area contributed by atoms with Crippen molar-refractivity contribution in [3.8, 4) is 0 Å². The van der Waals surface area contributed by atoms with Gasteiger partial charge < -0.3 is 5.32 Å². The van der Waals surface area contributed by atoms with E-state index in [1.54, 1.807) is 13.0 Å². The van der Waals surface area contributed by atoms with Crippen LogP contribution in [0.4, 0.5) is 10.1 Å². The summed E-state index contributed by atoms with van der Waals surface area (Å²) in [6, 6.07) is 14.0. The van der Waals surface area contributed by atoms with E-state index < -0.39 is 0 Å². The molecule has 0 aliphatic carbocycles. The van der Waals surface area contributed by atoms with Gasteiger partial charge in [0.25, 0.3) is 0 Å². The van der Waals surface area contributed by atoms with E-state index in [1.807, 2.05) is 19.1 Å². The Morgan fingerprint density at radius 2 is 1.80 bits per heavy atom. The van der Waals surface area contributed by atoms with Gasteiger partial charge in [0.05, 0.1) is 0 Å². The van der Waals surface area contributed by atoms with E-state index in [2.05, 4.69) is 36.5 Å². The zero-order valence-electron chi connectivity index (χ0n) is 12.4. The van der Waals surface area contributed by atoms with Crippen molar-refractivity contribution in [2.75, 3.05) is 5.32 Å². The Morgan fingerprint density at radius 1 is 1.10 bits per heavy atom. The molecule has 0 aliphatic rings. The number of anilines is 1. The van der Waals surface area contributed by atoms with Crippen molar-refractivity contribution in [2.45, 2.75) is 39.7 Å². The minimum Gasteiger partial charge on any atom is -0.379 e. The maximum atomic E-state index is 13.6. The number of halogens is 1. The van der Waals surface area contributed by atoms with Crippen LogP contribution in [0.5, 0.6) is 0 Å². The lowest BCUT2D eigenvalue weighted by Crippen LogP contribution is -2.07. The van der Waals surface area contributed by atoms with Gasteiger partial charge in [0, 0.05) is 11.7 Å². The molecule has 0 amide bonds. The minimum absolute atomic E-state index is 0.0853. The van der Waals surface area contributed by atoms with Crippen LogP contribution in [0.25, 0.3) is 0 Å². The largest absolute Gasteiger partial charge is 0.379 e. The lowest BCUT2D eigenvalue weighted by Gasteiger charge is -2.16. The topological polar surface area (TPSA) is 12.0 Å². The average Bonchev–Trinajstić information content (AvgIpc) is 2.44. The van der Waals surface area contributed by atoms with Gasteiger partial charge in [-0.25, -0.2) is 4.39 Å². The van der Waals surface area contributed by atoms with Crippen LogP contribution in [0, 0.1) is 12.7 Å². The Labute approximate surface area is 120 Å². The Morgan fingerprint density at radius 3 is 2.40 bits per heavy atom. The normalized spacial score (nSPS) is 12.2. The summed E-state index contributed by atoms with van der Waals surface area (Å²) in [7, 11) is 0. The number of rotatable bonds is 5. The van der Waals surface area contributed by atoms with Gasteiger partial charge in [-0.15, -0.1) is 0 Å². The highest BCUT2D eigenvalue weighted by atomic mass is 19.1. The van der Waals surface area contributed by atoms with Crippen LogP contribution in [-0.2, 0) is 6.42 Å². The van der Waals surface area contributed by atoms with Crippen LogP contribution in [0.15, 0.2) is 42.5 Å². The van der Waals surface area contributed by atoms with E-state index in [1.165, 1.54) is 5.56 Å². The van der Waals surface area contributed by atoms with Crippen molar-refractivity contribution < 1.29 is 4.39 Å². The zero-order valence-corrected chi connectivity index (χ0v) is 12.4. The summed E-state index contributed by atoms with van der Waals surface area (Å²) < 4.78 is 13.6. The quantitative estimate of drug-likeness (QED) is 0.782. The fourth-order valence-corrected chi connectivity index (χ4v) is 2.27. The lowest BCUT2D eigenvalue weighted by atomic mass is 10.1. The molecule has 2 aromatic rings. The van der Waals surface area contributed by atoms with Gasteiger partial charge in [-0.3, -0.25) is 0 Å². The van der Waals surface area contributed by atoms with Crippen molar-refractivity contribution in [1.29, 1.82) is 0 Å². The first-order valence-electron chi connectivity index (χ1n) is 7.21. The van der Waals surface area contributed by atoms with Gasteiger partial charge in [0.15, 0.2) is 0 Å². The fraction of sp³-hybridized carbons (Fsp3) is 0.333. The predicted octanol–water partition coefficient (Wildman–Crippen LogP) is 5.26. The second kappa shape index (κ2) is 6.56. The molecule has 2 heteroatoms. The standard InChI is InChI=1S/C18H22FN/c1-4-5-15-7-10-17(11-8-15)20-14(3)16-9-6-13(2)18(19)12-16/h6-12,14,20H,4-5H2,1-3H3. The average molecular weight is 271 g/mol. The molecule has 0 heterocycles. The third kappa shape index (κ3) is 3.60. The molecule has 1 nitrogen and oxygen atoms in total. The molecule has 1 atom stereocenters. The molecule has 2 aromatic carbocycles. The van der Waals surface area contributed by atoms with Crippen molar-refractivity contribution in [3.63, 3.8) is 0 Å². The van der Waals surface area contributed by atoms with E-state index in [4.69, 9.17) is 0 Å². The highest BCUT2D eigenvalue weighted by molar-refractivity contribution is 5.47. The summed E-state index contributed by atoms with van der Waals surface area (Å²) in [6.45, 7) is 6.01. The molecule has 2 rings (SSSR count). The van der Waals surface area contributed by atoms with Crippen LogP contribution in [0.2, 0.25) is 0 Å². The van der Waals surface area contributed by atoms with Crippen LogP contribution < -0.4 is 5.32 Å². The van der Waals surface area contributed by atoms with Crippen molar-refractivity contribution in [2.24, 2.45) is 0 Å². The number of aryl methyl sites for hydroxylation is 2. The third-order valence-corrected chi connectivity index (χ3v) is 3.57. The summed E-state index contributed by atoms with van der Waals surface area (Å²) in [5, 5.41) is 3.41. The van der Waals surface area contributed by atoms with Crippen LogP contribution in [0.1, 0.15) is 43.0 Å². The van der Waals surface area contributed by atoms with Crippen molar-refractivity contribution in [1.82, 2.24) is 0 Å². The van der Waals surface area contributed by atoms with Gasteiger partial charge >= 0.3 is 0 Å². The minimum atomic E-state index is -0.144. The van der Waals surface area contributed by atoms with Crippen molar-refractivity contribution >= 4 is 5.69 Å². The Kier molecular flexibility index (Phi) is 4.78. The van der Waals surface area contributed by atoms with Crippen LogP contribution in [-0.4, -0.2) is 0 Å². The Balaban J connectivity index is 2.06. The molecule has 0 aromatic heterocycles. The fourth-order valence-electron chi connectivity index (χ4n) is 2.27. The first-order chi connectivity index (χ1) is 9.60. The Hall–Kier alpha value is -1.83. The van der Waals surface area contributed by atoms with Gasteiger partial charge in [0.2, 0.25) is 0 Å². The molecular formula is C18H22FN. The zero-order chi connectivity index (χ0) is 14.5. The smallest absolute Gasteiger partial charge is 0.126 e. The predicted molar refractivity (Wildman–Crippen MR) is 83.6 cm³/mol. The monoisotopic (exact) mass is 271 g/mol. The number of hydrogen-bond acceptors (Lipinski definition) is 1. The number of hydrogen-bond donors (Lipinski definition) is 1. The molecule has 0 fully saturated rings. The second-order valence-corrected chi connectivity index (χ2v) is 5.32. The van der Waals surface area contributed by atoms with Gasteiger partial charge in [-0.2, -0.15) is 0 Å². The molecule has 0 radical (unpaired) electrons. The molecular weight excluding hydrogens is 249 g/mol. The SMILES string of the molecule is CCCc1ccc(NC(C)c2ccc(C)c(F)c2)cc1. The van der Waals surface area contributed by atoms with E-state index in [0.717, 1.165) is 24.1 Å². The first-order valence-corrected chi connectivity index (χ1v) is 7.21. The summed E-state index contributed by atoms with van der Waals surface area (Å²) in [5.74, 6) is -0.144. The molecule has 0 saturated heterocycles. The van der Waals surface area contributed by atoms with Crippen LogP contribution in [0.3, 0.4) is 0 Å². The van der Waals surface area contributed by atoms with Gasteiger partial charge in [-0.1, -0.05) is 37.6 Å². The van der Waals surface area contributed by atoms with E-state index >= 15 is 0 Å². The lowest BCUT2D eigenvalue weighted by molar-refractivity contribution is 0.614. The summed E-state index contributed by atoms with van der Waals surface area (Å²) >= 11 is 0. The summed E-state index contributed by atoms with van der Waals surface area (Å²) in [6.07, 6.45) is 2.27. The molecule has 20 heavy (non-hydrogen) atoms. The molecule has 106 valence electrons. The maximum absolute atomic E-state index is 13.6. The first kappa shape index (κ1) is 14.6. The van der Waals surface area contributed by atoms with E-state index in [9.17, 15) is 4.39 Å². The molecule has 0 aliphatic heterocycles. The van der Waals surface area contributed by atoms with Gasteiger partial charge in [0.1, 0.15) is 5.82 Å². The van der Waals surface area contributed by atoms with E-state index in [-0.39, 0.29) is 11.9 Å². The molecule has 0 saturated carbocycles. The highest BCUT2D eigenvalue weighted by Crippen LogP contribution is 2.21. The molecule has 0 bridgehead atoms. The van der Waals surface area contributed by atoms with Crippen LogP contribution >= 0.6 is 0 Å². The highest BCUT2D eigenvalue weighted by Gasteiger charge is 2.07. The Bertz CT molecular complexity index is 560. The number of benzene rings is 2. The second-order valence-electron chi connectivity index (χ2n) is 5.32. The molecule has 1 N–H and O–H groups in total. The van der Waals surface area contributed by atoms with E-state index in [0.29, 0.717) is 5.56 Å². The van der Waals surface area contributed by atoms with Gasteiger partial charge in [-0.05, 0) is 55.2 Å². The summed E-state index contributed by atoms with van der Waals surface area (Å²) in [4.78, 5) is 0. The summed E-state index contributed by atoms with van der Waals surface area (Å²) in [5.41, 5.74) is 4.07. The number of nitrogens with one attached hydrogen (secondary N) is 1. The third-order valence-electron chi connectivity index (χ3n) is 3.57. The molecule has 1 unspecified atom stereocenters. The van der Waals surface area contributed by atoms with Crippen molar-refractivity contribution in [3.05, 3.63) is 65.0 Å². The maximum Gasteiger partial charge on any atom is 0.126 e.